The van der Waals surface area contributed by atoms with Gasteiger partial charge in [0.1, 0.15) is 11.2 Å². The maximum Gasteiger partial charge on any atom is 0.136 e. The van der Waals surface area contributed by atoms with Gasteiger partial charge in [0, 0.05) is 10.8 Å². The standard InChI is InChI=1S/C46H28O/c1-2-15-34-29(11-1)12-10-21-35(34)30-13-9-14-32(27-30)44-37-16-3-5-18-39(37)45(40-19-6-4-17-38(40)44)33-23-25-36-31(28-33)24-26-43-46(36)41-20-7-8-22-42(41)47-43/h1-28H. The van der Waals surface area contributed by atoms with E-state index < -0.39 is 0 Å². The molecule has 0 N–H and O–H groups in total. The molecule has 218 valence electrons. The highest BCUT2D eigenvalue weighted by Crippen LogP contribution is 2.45. The zero-order valence-electron chi connectivity index (χ0n) is 25.6. The molecule has 10 rings (SSSR count). The van der Waals surface area contributed by atoms with Crippen LogP contribution >= 0.6 is 0 Å². The first-order valence-electron chi connectivity index (χ1n) is 16.2. The normalized spacial score (nSPS) is 11.8. The number of fused-ring (bicyclic) bond motifs is 8. The summed E-state index contributed by atoms with van der Waals surface area (Å²) in [7, 11) is 0. The molecule has 0 saturated carbocycles. The molecule has 1 heterocycles. The highest BCUT2D eigenvalue weighted by molar-refractivity contribution is 6.23. The van der Waals surface area contributed by atoms with E-state index in [9.17, 15) is 0 Å². The summed E-state index contributed by atoms with van der Waals surface area (Å²) in [6.07, 6.45) is 0. The minimum atomic E-state index is 0.927. The second-order valence-corrected chi connectivity index (χ2v) is 12.4. The van der Waals surface area contributed by atoms with Crippen LogP contribution in [0.15, 0.2) is 174 Å². The van der Waals surface area contributed by atoms with Gasteiger partial charge in [0.15, 0.2) is 0 Å². The molecule has 0 radical (unpaired) electrons. The number of hydrogen-bond donors (Lipinski definition) is 0. The number of benzene rings is 9. The zero-order chi connectivity index (χ0) is 30.9. The molecule has 0 fully saturated rings. The molecule has 0 bridgehead atoms. The molecule has 1 nitrogen and oxygen atoms in total. The van der Waals surface area contributed by atoms with Crippen molar-refractivity contribution in [3.63, 3.8) is 0 Å². The minimum Gasteiger partial charge on any atom is -0.456 e. The fourth-order valence-corrected chi connectivity index (χ4v) is 7.78. The van der Waals surface area contributed by atoms with Crippen LogP contribution in [0.4, 0.5) is 0 Å². The highest BCUT2D eigenvalue weighted by Gasteiger charge is 2.18. The Kier molecular flexibility index (Phi) is 5.64. The summed E-state index contributed by atoms with van der Waals surface area (Å²) in [5.74, 6) is 0. The van der Waals surface area contributed by atoms with E-state index in [1.54, 1.807) is 0 Å². The van der Waals surface area contributed by atoms with Crippen LogP contribution in [0.25, 0.3) is 98.4 Å². The van der Waals surface area contributed by atoms with Crippen LogP contribution in [0, 0.1) is 0 Å². The van der Waals surface area contributed by atoms with Gasteiger partial charge in [0.2, 0.25) is 0 Å². The molecule has 0 aliphatic carbocycles. The summed E-state index contributed by atoms with van der Waals surface area (Å²) in [6.45, 7) is 0. The van der Waals surface area contributed by atoms with Crippen molar-refractivity contribution < 1.29 is 4.42 Å². The Hall–Kier alpha value is -6.18. The summed E-state index contributed by atoms with van der Waals surface area (Å²) < 4.78 is 6.20. The van der Waals surface area contributed by atoms with Gasteiger partial charge in [-0.15, -0.1) is 0 Å². The summed E-state index contributed by atoms with van der Waals surface area (Å²) in [6, 6.07) is 61.7. The first-order valence-corrected chi connectivity index (χ1v) is 16.2. The molecule has 0 unspecified atom stereocenters. The molecule has 9 aromatic carbocycles. The third kappa shape index (κ3) is 3.97. The van der Waals surface area contributed by atoms with Crippen molar-refractivity contribution in [1.29, 1.82) is 0 Å². The van der Waals surface area contributed by atoms with Gasteiger partial charge in [-0.1, -0.05) is 146 Å². The van der Waals surface area contributed by atoms with Gasteiger partial charge in [-0.05, 0) is 101 Å². The number of hydrogen-bond acceptors (Lipinski definition) is 1. The first-order chi connectivity index (χ1) is 23.3. The van der Waals surface area contributed by atoms with E-state index in [0.717, 1.165) is 16.6 Å². The lowest BCUT2D eigenvalue weighted by atomic mass is 9.85. The molecular weight excluding hydrogens is 569 g/mol. The Bertz CT molecular complexity index is 2790. The predicted octanol–water partition coefficient (Wildman–Crippen LogP) is 13.2. The number of rotatable bonds is 3. The molecule has 0 spiro atoms. The maximum absolute atomic E-state index is 6.20. The highest BCUT2D eigenvalue weighted by atomic mass is 16.3. The van der Waals surface area contributed by atoms with Gasteiger partial charge >= 0.3 is 0 Å². The van der Waals surface area contributed by atoms with Crippen molar-refractivity contribution in [1.82, 2.24) is 0 Å². The van der Waals surface area contributed by atoms with Gasteiger partial charge in [-0.25, -0.2) is 0 Å². The largest absolute Gasteiger partial charge is 0.456 e. The Morgan fingerprint density at radius 1 is 0.298 bits per heavy atom. The van der Waals surface area contributed by atoms with Crippen LogP contribution in [-0.2, 0) is 0 Å². The average Bonchev–Trinajstić information content (AvgIpc) is 3.52. The molecule has 47 heavy (non-hydrogen) atoms. The van der Waals surface area contributed by atoms with Crippen molar-refractivity contribution in [2.24, 2.45) is 0 Å². The molecule has 0 aliphatic heterocycles. The van der Waals surface area contributed by atoms with Crippen molar-refractivity contribution in [3.8, 4) is 33.4 Å². The Balaban J connectivity index is 1.22. The van der Waals surface area contributed by atoms with E-state index in [4.69, 9.17) is 4.42 Å². The SMILES string of the molecule is c1cc(-c2cccc3ccccc23)cc(-c2c3ccccc3c(-c3ccc4c(ccc5oc6ccccc6c54)c3)c3ccccc23)c1. The molecule has 0 atom stereocenters. The van der Waals surface area contributed by atoms with Crippen LogP contribution in [0.3, 0.4) is 0 Å². The summed E-state index contributed by atoms with van der Waals surface area (Å²) in [4.78, 5) is 0. The van der Waals surface area contributed by atoms with Crippen molar-refractivity contribution in [2.45, 2.75) is 0 Å². The molecule has 1 heteroatoms. The van der Waals surface area contributed by atoms with Crippen molar-refractivity contribution in [3.05, 3.63) is 170 Å². The molecule has 0 saturated heterocycles. The minimum absolute atomic E-state index is 0.927. The first kappa shape index (κ1) is 26.1. The van der Waals surface area contributed by atoms with Crippen LogP contribution in [0.1, 0.15) is 0 Å². The number of para-hydroxylation sites is 1. The van der Waals surface area contributed by atoms with Crippen LogP contribution in [0.2, 0.25) is 0 Å². The quantitative estimate of drug-likeness (QED) is 0.185. The third-order valence-electron chi connectivity index (χ3n) is 9.83. The van der Waals surface area contributed by atoms with E-state index in [1.807, 2.05) is 12.1 Å². The molecule has 10 aromatic rings. The average molecular weight is 597 g/mol. The summed E-state index contributed by atoms with van der Waals surface area (Å²) >= 11 is 0. The Labute approximate surface area is 271 Å². The van der Waals surface area contributed by atoms with Gasteiger partial charge in [-0.3, -0.25) is 0 Å². The van der Waals surface area contributed by atoms with Gasteiger partial charge in [-0.2, -0.15) is 0 Å². The van der Waals surface area contributed by atoms with Crippen molar-refractivity contribution >= 4 is 65.0 Å². The van der Waals surface area contributed by atoms with Crippen LogP contribution in [-0.4, -0.2) is 0 Å². The summed E-state index contributed by atoms with van der Waals surface area (Å²) in [5, 5.41) is 12.3. The maximum atomic E-state index is 6.20. The Morgan fingerprint density at radius 2 is 0.872 bits per heavy atom. The van der Waals surface area contributed by atoms with E-state index >= 15 is 0 Å². The molecular formula is C46H28O. The Morgan fingerprint density at radius 3 is 1.62 bits per heavy atom. The van der Waals surface area contributed by atoms with E-state index in [2.05, 4.69) is 158 Å². The lowest BCUT2D eigenvalue weighted by Gasteiger charge is -2.18. The molecule has 0 aliphatic rings. The van der Waals surface area contributed by atoms with Crippen molar-refractivity contribution in [2.75, 3.05) is 0 Å². The lowest BCUT2D eigenvalue weighted by molar-refractivity contribution is 0.669. The third-order valence-corrected chi connectivity index (χ3v) is 9.83. The summed E-state index contributed by atoms with van der Waals surface area (Å²) in [5.41, 5.74) is 9.32. The lowest BCUT2D eigenvalue weighted by Crippen LogP contribution is -1.91. The topological polar surface area (TPSA) is 13.1 Å². The van der Waals surface area contributed by atoms with Crippen LogP contribution in [0.5, 0.6) is 0 Å². The van der Waals surface area contributed by atoms with Crippen LogP contribution < -0.4 is 0 Å². The second kappa shape index (κ2) is 10.2. The predicted molar refractivity (Wildman–Crippen MR) is 200 cm³/mol. The van der Waals surface area contributed by atoms with E-state index in [0.29, 0.717) is 0 Å². The van der Waals surface area contributed by atoms with Gasteiger partial charge in [0.05, 0.1) is 0 Å². The van der Waals surface area contributed by atoms with Gasteiger partial charge in [0.25, 0.3) is 0 Å². The number of furan rings is 1. The molecule has 0 amide bonds. The fraction of sp³-hybridized carbons (Fsp3) is 0. The monoisotopic (exact) mass is 596 g/mol. The molecule has 1 aromatic heterocycles. The van der Waals surface area contributed by atoms with Gasteiger partial charge < -0.3 is 4.42 Å². The zero-order valence-corrected chi connectivity index (χ0v) is 25.6. The fourth-order valence-electron chi connectivity index (χ4n) is 7.78. The van der Waals surface area contributed by atoms with E-state index in [-0.39, 0.29) is 0 Å². The second-order valence-electron chi connectivity index (χ2n) is 12.4. The van der Waals surface area contributed by atoms with E-state index in [1.165, 1.54) is 81.9 Å². The smallest absolute Gasteiger partial charge is 0.136 e.